The third-order valence-corrected chi connectivity index (χ3v) is 4.13. The van der Waals surface area contributed by atoms with Gasteiger partial charge in [-0.05, 0) is 38.8 Å². The molecular formula is C16H24N2O. The third kappa shape index (κ3) is 3.35. The van der Waals surface area contributed by atoms with E-state index in [1.807, 2.05) is 11.9 Å². The Bertz CT molecular complexity index is 421. The van der Waals surface area contributed by atoms with Crippen LogP contribution in [0.5, 0.6) is 0 Å². The van der Waals surface area contributed by atoms with E-state index in [1.165, 1.54) is 11.1 Å². The molecule has 3 nitrogen and oxygen atoms in total. The van der Waals surface area contributed by atoms with Crippen molar-refractivity contribution >= 4 is 5.91 Å². The Morgan fingerprint density at radius 1 is 1.37 bits per heavy atom. The zero-order chi connectivity index (χ0) is 13.8. The number of amides is 1. The standard InChI is InChI=1S/C16H24N2O/c1-12-6-8-14(9-7-12)13(2)18(3)16(19)15-5-4-10-17-11-15/h6-9,13,15,17H,4-5,10-11H2,1-3H3/t13?,15-/m1/s1. The molecule has 1 fully saturated rings. The van der Waals surface area contributed by atoms with E-state index in [1.54, 1.807) is 0 Å². The van der Waals surface area contributed by atoms with Gasteiger partial charge >= 0.3 is 0 Å². The van der Waals surface area contributed by atoms with Gasteiger partial charge in [0.25, 0.3) is 0 Å². The van der Waals surface area contributed by atoms with E-state index in [4.69, 9.17) is 0 Å². The maximum absolute atomic E-state index is 12.5. The van der Waals surface area contributed by atoms with Crippen LogP contribution in [0.3, 0.4) is 0 Å². The topological polar surface area (TPSA) is 32.3 Å². The average Bonchev–Trinajstić information content (AvgIpc) is 2.46. The van der Waals surface area contributed by atoms with E-state index in [-0.39, 0.29) is 17.9 Å². The van der Waals surface area contributed by atoms with Crippen molar-refractivity contribution in [2.75, 3.05) is 20.1 Å². The first-order valence-corrected chi connectivity index (χ1v) is 7.13. The van der Waals surface area contributed by atoms with Gasteiger partial charge in [-0.25, -0.2) is 0 Å². The van der Waals surface area contributed by atoms with Crippen molar-refractivity contribution in [1.29, 1.82) is 0 Å². The van der Waals surface area contributed by atoms with Gasteiger partial charge in [-0.2, -0.15) is 0 Å². The highest BCUT2D eigenvalue weighted by molar-refractivity contribution is 5.79. The summed E-state index contributed by atoms with van der Waals surface area (Å²) in [5.74, 6) is 0.409. The zero-order valence-corrected chi connectivity index (χ0v) is 12.1. The SMILES string of the molecule is Cc1ccc(C(C)N(C)C(=O)[C@@H]2CCCNC2)cc1. The molecule has 3 heteroatoms. The maximum atomic E-state index is 12.5. The molecule has 0 bridgehead atoms. The highest BCUT2D eigenvalue weighted by Gasteiger charge is 2.26. The van der Waals surface area contributed by atoms with Crippen molar-refractivity contribution < 1.29 is 4.79 Å². The van der Waals surface area contributed by atoms with Gasteiger partial charge in [-0.3, -0.25) is 4.79 Å². The lowest BCUT2D eigenvalue weighted by Crippen LogP contribution is -2.42. The van der Waals surface area contributed by atoms with E-state index < -0.39 is 0 Å². The van der Waals surface area contributed by atoms with Crippen LogP contribution in [0.25, 0.3) is 0 Å². The number of nitrogens with zero attached hydrogens (tertiary/aromatic N) is 1. The second-order valence-electron chi connectivity index (χ2n) is 5.58. The average molecular weight is 260 g/mol. The first-order chi connectivity index (χ1) is 9.09. The Morgan fingerprint density at radius 3 is 2.63 bits per heavy atom. The molecule has 1 aromatic rings. The molecule has 2 rings (SSSR count). The molecule has 1 aliphatic heterocycles. The fourth-order valence-electron chi connectivity index (χ4n) is 2.61. The number of piperidine rings is 1. The summed E-state index contributed by atoms with van der Waals surface area (Å²) in [5.41, 5.74) is 2.45. The van der Waals surface area contributed by atoms with Gasteiger partial charge in [0.05, 0.1) is 12.0 Å². The Hall–Kier alpha value is -1.35. The Balaban J connectivity index is 2.03. The number of hydrogen-bond donors (Lipinski definition) is 1. The van der Waals surface area contributed by atoms with Gasteiger partial charge in [0.15, 0.2) is 0 Å². The smallest absolute Gasteiger partial charge is 0.227 e. The highest BCUT2D eigenvalue weighted by Crippen LogP contribution is 2.22. The number of aryl methyl sites for hydroxylation is 1. The lowest BCUT2D eigenvalue weighted by atomic mass is 9.96. The second kappa shape index (κ2) is 6.20. The van der Waals surface area contributed by atoms with E-state index in [0.717, 1.165) is 25.9 Å². The molecule has 1 N–H and O–H groups in total. The van der Waals surface area contributed by atoms with Crippen molar-refractivity contribution in [3.8, 4) is 0 Å². The van der Waals surface area contributed by atoms with Gasteiger partial charge in [-0.1, -0.05) is 29.8 Å². The molecule has 2 atom stereocenters. The Kier molecular flexibility index (Phi) is 4.59. The Labute approximate surface area is 116 Å². The molecule has 104 valence electrons. The van der Waals surface area contributed by atoms with Gasteiger partial charge in [0.1, 0.15) is 0 Å². The minimum absolute atomic E-state index is 0.134. The molecule has 0 aromatic heterocycles. The molecule has 0 saturated carbocycles. The van der Waals surface area contributed by atoms with Crippen molar-refractivity contribution in [3.05, 3.63) is 35.4 Å². The molecule has 0 radical (unpaired) electrons. The molecule has 1 aliphatic rings. The number of benzene rings is 1. The molecule has 0 spiro atoms. The summed E-state index contributed by atoms with van der Waals surface area (Å²) in [6.45, 7) is 6.04. The van der Waals surface area contributed by atoms with Crippen molar-refractivity contribution in [1.82, 2.24) is 10.2 Å². The number of nitrogens with one attached hydrogen (secondary N) is 1. The summed E-state index contributed by atoms with van der Waals surface area (Å²) in [4.78, 5) is 14.4. The van der Waals surface area contributed by atoms with Crippen LogP contribution in [0.1, 0.15) is 36.9 Å². The van der Waals surface area contributed by atoms with E-state index >= 15 is 0 Å². The number of carbonyl (C=O) groups is 1. The van der Waals surface area contributed by atoms with E-state index in [0.29, 0.717) is 0 Å². The highest BCUT2D eigenvalue weighted by atomic mass is 16.2. The Morgan fingerprint density at radius 2 is 2.05 bits per heavy atom. The predicted molar refractivity (Wildman–Crippen MR) is 78.0 cm³/mol. The fraction of sp³-hybridized carbons (Fsp3) is 0.562. The lowest BCUT2D eigenvalue weighted by molar-refractivity contribution is -0.136. The lowest BCUT2D eigenvalue weighted by Gasteiger charge is -2.31. The summed E-state index contributed by atoms with van der Waals surface area (Å²) in [6.07, 6.45) is 2.11. The number of rotatable bonds is 3. The number of carbonyl (C=O) groups excluding carboxylic acids is 1. The van der Waals surface area contributed by atoms with Crippen LogP contribution in [-0.4, -0.2) is 30.9 Å². The van der Waals surface area contributed by atoms with Crippen LogP contribution < -0.4 is 5.32 Å². The molecule has 1 saturated heterocycles. The molecular weight excluding hydrogens is 236 g/mol. The largest absolute Gasteiger partial charge is 0.339 e. The quantitative estimate of drug-likeness (QED) is 0.905. The van der Waals surface area contributed by atoms with Gasteiger partial charge < -0.3 is 10.2 Å². The van der Waals surface area contributed by atoms with Crippen LogP contribution >= 0.6 is 0 Å². The number of hydrogen-bond acceptors (Lipinski definition) is 2. The molecule has 1 amide bonds. The van der Waals surface area contributed by atoms with Crippen LogP contribution in [0.2, 0.25) is 0 Å². The zero-order valence-electron chi connectivity index (χ0n) is 12.1. The van der Waals surface area contributed by atoms with Crippen molar-refractivity contribution in [2.45, 2.75) is 32.7 Å². The fourth-order valence-corrected chi connectivity index (χ4v) is 2.61. The monoisotopic (exact) mass is 260 g/mol. The maximum Gasteiger partial charge on any atom is 0.227 e. The second-order valence-corrected chi connectivity index (χ2v) is 5.58. The van der Waals surface area contributed by atoms with Crippen LogP contribution in [0.15, 0.2) is 24.3 Å². The molecule has 1 aromatic carbocycles. The molecule has 1 unspecified atom stereocenters. The minimum Gasteiger partial charge on any atom is -0.339 e. The predicted octanol–water partition coefficient (Wildman–Crippen LogP) is 2.51. The summed E-state index contributed by atoms with van der Waals surface area (Å²) in [7, 11) is 1.92. The van der Waals surface area contributed by atoms with E-state index in [9.17, 15) is 4.79 Å². The third-order valence-electron chi connectivity index (χ3n) is 4.13. The summed E-state index contributed by atoms with van der Waals surface area (Å²) in [5, 5.41) is 3.31. The first-order valence-electron chi connectivity index (χ1n) is 7.13. The summed E-state index contributed by atoms with van der Waals surface area (Å²) >= 11 is 0. The van der Waals surface area contributed by atoms with Crippen LogP contribution in [0, 0.1) is 12.8 Å². The van der Waals surface area contributed by atoms with Crippen LogP contribution in [-0.2, 0) is 4.79 Å². The molecule has 19 heavy (non-hydrogen) atoms. The van der Waals surface area contributed by atoms with Crippen LogP contribution in [0.4, 0.5) is 0 Å². The van der Waals surface area contributed by atoms with E-state index in [2.05, 4.69) is 43.4 Å². The summed E-state index contributed by atoms with van der Waals surface area (Å²) < 4.78 is 0. The minimum atomic E-state index is 0.134. The summed E-state index contributed by atoms with van der Waals surface area (Å²) in [6, 6.07) is 8.57. The van der Waals surface area contributed by atoms with Gasteiger partial charge in [-0.15, -0.1) is 0 Å². The molecule has 1 heterocycles. The van der Waals surface area contributed by atoms with Crippen molar-refractivity contribution in [2.24, 2.45) is 5.92 Å². The first kappa shape index (κ1) is 14.1. The normalized spacial score (nSPS) is 20.9. The molecule has 0 aliphatic carbocycles. The van der Waals surface area contributed by atoms with Gasteiger partial charge in [0, 0.05) is 13.6 Å². The van der Waals surface area contributed by atoms with Gasteiger partial charge in [0.2, 0.25) is 5.91 Å². The van der Waals surface area contributed by atoms with Crippen molar-refractivity contribution in [3.63, 3.8) is 0 Å².